The number of halogens is 1. The van der Waals surface area contributed by atoms with Crippen LogP contribution in [-0.4, -0.2) is 53.0 Å². The number of anilines is 1. The van der Waals surface area contributed by atoms with Crippen molar-refractivity contribution in [2.75, 3.05) is 31.1 Å². The molecule has 7 nitrogen and oxygen atoms in total. The SMILES string of the molecule is CC(=O)c1ccc(N2CCN(C(=O)c3ccc(-c4nnc(-c5cccc(C)c5)o4)cc3)CC2)c(F)c1. The minimum Gasteiger partial charge on any atom is -0.416 e. The fourth-order valence-corrected chi connectivity index (χ4v) is 4.31. The number of Topliss-reactive ketones (excluding diaryl/α,β-unsaturated/α-hetero) is 1. The van der Waals surface area contributed by atoms with E-state index in [-0.39, 0.29) is 11.7 Å². The van der Waals surface area contributed by atoms with Crippen molar-refractivity contribution < 1.29 is 18.4 Å². The number of nitrogens with zero attached hydrogens (tertiary/aromatic N) is 4. The van der Waals surface area contributed by atoms with Crippen molar-refractivity contribution in [2.45, 2.75) is 13.8 Å². The molecule has 0 radical (unpaired) electrons. The summed E-state index contributed by atoms with van der Waals surface area (Å²) in [7, 11) is 0. The topological polar surface area (TPSA) is 79.5 Å². The number of aryl methyl sites for hydroxylation is 1. The Morgan fingerprint density at radius 2 is 1.50 bits per heavy atom. The van der Waals surface area contributed by atoms with Gasteiger partial charge in [0.2, 0.25) is 11.8 Å². The molecule has 1 fully saturated rings. The highest BCUT2D eigenvalue weighted by atomic mass is 19.1. The standard InChI is InChI=1S/C28H25FN4O3/c1-18-4-3-5-23(16-18)27-31-30-26(36-27)20-6-8-21(9-7-20)28(35)33-14-12-32(13-15-33)25-11-10-22(19(2)34)17-24(25)29/h3-11,16-17H,12-15H2,1-2H3. The van der Waals surface area contributed by atoms with Crippen LogP contribution in [0, 0.1) is 12.7 Å². The lowest BCUT2D eigenvalue weighted by atomic mass is 10.1. The Morgan fingerprint density at radius 3 is 2.14 bits per heavy atom. The third kappa shape index (κ3) is 4.75. The van der Waals surface area contributed by atoms with Crippen molar-refractivity contribution in [3.05, 3.63) is 89.2 Å². The Bertz CT molecular complexity index is 1420. The van der Waals surface area contributed by atoms with Crippen LogP contribution in [0.5, 0.6) is 0 Å². The first-order valence-electron chi connectivity index (χ1n) is 11.7. The number of ketones is 1. The first-order valence-corrected chi connectivity index (χ1v) is 11.7. The molecule has 4 aromatic rings. The molecule has 182 valence electrons. The Labute approximate surface area is 208 Å². The van der Waals surface area contributed by atoms with Crippen LogP contribution in [0.4, 0.5) is 10.1 Å². The zero-order valence-corrected chi connectivity index (χ0v) is 20.1. The first kappa shape index (κ1) is 23.4. The molecule has 0 atom stereocenters. The molecule has 0 saturated carbocycles. The highest BCUT2D eigenvalue weighted by Crippen LogP contribution is 2.26. The third-order valence-corrected chi connectivity index (χ3v) is 6.33. The van der Waals surface area contributed by atoms with Gasteiger partial charge in [0, 0.05) is 48.4 Å². The fraction of sp³-hybridized carbons (Fsp3) is 0.214. The predicted molar refractivity (Wildman–Crippen MR) is 134 cm³/mol. The molecule has 2 heterocycles. The number of aromatic nitrogens is 2. The second kappa shape index (κ2) is 9.73. The number of hydrogen-bond donors (Lipinski definition) is 0. The number of hydrogen-bond acceptors (Lipinski definition) is 6. The van der Waals surface area contributed by atoms with E-state index in [0.717, 1.165) is 16.7 Å². The van der Waals surface area contributed by atoms with Gasteiger partial charge in [0.05, 0.1) is 5.69 Å². The maximum atomic E-state index is 14.5. The largest absolute Gasteiger partial charge is 0.416 e. The Morgan fingerprint density at radius 1 is 0.833 bits per heavy atom. The van der Waals surface area contributed by atoms with E-state index in [4.69, 9.17) is 4.42 Å². The van der Waals surface area contributed by atoms with E-state index in [1.807, 2.05) is 36.1 Å². The highest BCUT2D eigenvalue weighted by Gasteiger charge is 2.24. The van der Waals surface area contributed by atoms with Crippen molar-refractivity contribution in [1.29, 1.82) is 0 Å². The predicted octanol–water partition coefficient (Wildman–Crippen LogP) is 5.02. The number of amides is 1. The summed E-state index contributed by atoms with van der Waals surface area (Å²) in [5.74, 6) is 0.146. The molecule has 1 aromatic heterocycles. The van der Waals surface area contributed by atoms with Crippen molar-refractivity contribution >= 4 is 17.4 Å². The molecule has 0 unspecified atom stereocenters. The molecule has 1 aliphatic heterocycles. The molecule has 0 bridgehead atoms. The lowest BCUT2D eigenvalue weighted by Crippen LogP contribution is -2.49. The van der Waals surface area contributed by atoms with Gasteiger partial charge in [-0.1, -0.05) is 17.7 Å². The van der Waals surface area contributed by atoms with Gasteiger partial charge in [-0.3, -0.25) is 9.59 Å². The molecule has 0 N–H and O–H groups in total. The van der Waals surface area contributed by atoms with Gasteiger partial charge in [0.1, 0.15) is 5.82 Å². The number of carbonyl (C=O) groups excluding carboxylic acids is 2. The van der Waals surface area contributed by atoms with Crippen molar-refractivity contribution in [3.63, 3.8) is 0 Å². The lowest BCUT2D eigenvalue weighted by Gasteiger charge is -2.36. The fourth-order valence-electron chi connectivity index (χ4n) is 4.31. The summed E-state index contributed by atoms with van der Waals surface area (Å²) in [6.45, 7) is 5.36. The van der Waals surface area contributed by atoms with Gasteiger partial charge < -0.3 is 14.2 Å². The normalized spacial score (nSPS) is 13.6. The number of carbonyl (C=O) groups is 2. The molecule has 1 aliphatic rings. The van der Waals surface area contributed by atoms with Crippen molar-refractivity contribution in [2.24, 2.45) is 0 Å². The summed E-state index contributed by atoms with van der Waals surface area (Å²) in [5.41, 5.74) is 4.04. The number of benzene rings is 3. The molecular weight excluding hydrogens is 459 g/mol. The van der Waals surface area contributed by atoms with Gasteiger partial charge in [-0.25, -0.2) is 4.39 Å². The lowest BCUT2D eigenvalue weighted by molar-refractivity contribution is 0.0746. The summed E-state index contributed by atoms with van der Waals surface area (Å²) in [6, 6.07) is 19.5. The second-order valence-corrected chi connectivity index (χ2v) is 8.86. The Kier molecular flexibility index (Phi) is 6.33. The average Bonchev–Trinajstić information content (AvgIpc) is 3.39. The minimum absolute atomic E-state index is 0.0837. The van der Waals surface area contributed by atoms with Gasteiger partial charge >= 0.3 is 0 Å². The molecule has 1 amide bonds. The minimum atomic E-state index is -0.426. The van der Waals surface area contributed by atoms with Crippen LogP contribution in [0.15, 0.2) is 71.1 Å². The maximum Gasteiger partial charge on any atom is 0.253 e. The van der Waals surface area contributed by atoms with Gasteiger partial charge in [-0.2, -0.15) is 0 Å². The molecule has 5 rings (SSSR count). The van der Waals surface area contributed by atoms with Crippen LogP contribution in [0.1, 0.15) is 33.2 Å². The number of piperazine rings is 1. The van der Waals surface area contributed by atoms with Crippen LogP contribution in [0.2, 0.25) is 0 Å². The van der Waals surface area contributed by atoms with Gasteiger partial charge in [0.25, 0.3) is 5.91 Å². The van der Waals surface area contributed by atoms with E-state index in [1.165, 1.54) is 13.0 Å². The summed E-state index contributed by atoms with van der Waals surface area (Å²) >= 11 is 0. The number of rotatable bonds is 5. The van der Waals surface area contributed by atoms with E-state index >= 15 is 0 Å². The van der Waals surface area contributed by atoms with Crippen LogP contribution >= 0.6 is 0 Å². The third-order valence-electron chi connectivity index (χ3n) is 6.33. The molecule has 0 aliphatic carbocycles. The molecule has 3 aromatic carbocycles. The van der Waals surface area contributed by atoms with Crippen molar-refractivity contribution in [1.82, 2.24) is 15.1 Å². The summed E-state index contributed by atoms with van der Waals surface area (Å²) in [5, 5.41) is 8.30. The van der Waals surface area contributed by atoms with Crippen molar-refractivity contribution in [3.8, 4) is 22.9 Å². The Hall–Kier alpha value is -4.33. The maximum absolute atomic E-state index is 14.5. The molecule has 36 heavy (non-hydrogen) atoms. The summed E-state index contributed by atoms with van der Waals surface area (Å²) in [4.78, 5) is 28.2. The van der Waals surface area contributed by atoms with E-state index < -0.39 is 5.82 Å². The highest BCUT2D eigenvalue weighted by molar-refractivity contribution is 5.95. The zero-order valence-electron chi connectivity index (χ0n) is 20.1. The first-order chi connectivity index (χ1) is 17.4. The van der Waals surface area contributed by atoms with Crippen LogP contribution < -0.4 is 4.90 Å². The quantitative estimate of drug-likeness (QED) is 0.370. The smallest absolute Gasteiger partial charge is 0.253 e. The van der Waals surface area contributed by atoms with Crippen LogP contribution in [-0.2, 0) is 0 Å². The van der Waals surface area contributed by atoms with Gasteiger partial charge in [0.15, 0.2) is 5.78 Å². The van der Waals surface area contributed by atoms with E-state index in [1.54, 1.807) is 41.3 Å². The van der Waals surface area contributed by atoms with Crippen LogP contribution in [0.25, 0.3) is 22.9 Å². The molecule has 8 heteroatoms. The monoisotopic (exact) mass is 484 g/mol. The molecular formula is C28H25FN4O3. The Balaban J connectivity index is 1.23. The van der Waals surface area contributed by atoms with Gasteiger partial charge in [-0.15, -0.1) is 10.2 Å². The zero-order chi connectivity index (χ0) is 25.2. The second-order valence-electron chi connectivity index (χ2n) is 8.86. The summed E-state index contributed by atoms with van der Waals surface area (Å²) < 4.78 is 20.4. The van der Waals surface area contributed by atoms with E-state index in [9.17, 15) is 14.0 Å². The average molecular weight is 485 g/mol. The molecule has 1 saturated heterocycles. The van der Waals surface area contributed by atoms with E-state index in [2.05, 4.69) is 10.2 Å². The van der Waals surface area contributed by atoms with Crippen LogP contribution in [0.3, 0.4) is 0 Å². The van der Waals surface area contributed by atoms with E-state index in [0.29, 0.717) is 54.8 Å². The molecule has 0 spiro atoms. The van der Waals surface area contributed by atoms with Gasteiger partial charge in [-0.05, 0) is 68.4 Å². The summed E-state index contributed by atoms with van der Waals surface area (Å²) in [6.07, 6.45) is 0.